The average molecular weight is 280 g/mol. The Labute approximate surface area is 113 Å². The fraction of sp³-hybridized carbons (Fsp3) is 0.250. The smallest absolute Gasteiger partial charge is 0.234 e. The third-order valence-electron chi connectivity index (χ3n) is 2.19. The molecule has 0 radical (unpaired) electrons. The number of benzene rings is 1. The van der Waals surface area contributed by atoms with Crippen molar-refractivity contribution < 1.29 is 9.59 Å². The summed E-state index contributed by atoms with van der Waals surface area (Å²) in [5.74, 6) is -0.0227. The number of aryl methyl sites for hydroxylation is 1. The number of fused-ring (bicyclic) bond motifs is 1. The summed E-state index contributed by atoms with van der Waals surface area (Å²) in [4.78, 5) is 26.7. The second-order valence-electron chi connectivity index (χ2n) is 3.74. The maximum absolute atomic E-state index is 11.6. The van der Waals surface area contributed by atoms with E-state index in [9.17, 15) is 9.59 Å². The Hall–Kier alpha value is -1.40. The molecule has 0 unspecified atom stereocenters. The summed E-state index contributed by atoms with van der Waals surface area (Å²) in [6.07, 6.45) is 0. The number of anilines is 1. The van der Waals surface area contributed by atoms with Crippen molar-refractivity contribution in [1.29, 1.82) is 0 Å². The first-order valence-electron chi connectivity index (χ1n) is 5.35. The number of hydrogen-bond donors (Lipinski definition) is 1. The minimum Gasteiger partial charge on any atom is -0.325 e. The van der Waals surface area contributed by atoms with Crippen molar-refractivity contribution in [2.24, 2.45) is 0 Å². The fourth-order valence-electron chi connectivity index (χ4n) is 1.48. The van der Waals surface area contributed by atoms with Gasteiger partial charge in [-0.2, -0.15) is 0 Å². The van der Waals surface area contributed by atoms with E-state index in [-0.39, 0.29) is 16.8 Å². The highest BCUT2D eigenvalue weighted by atomic mass is 32.2. The van der Waals surface area contributed by atoms with Crippen molar-refractivity contribution >= 4 is 50.0 Å². The first-order chi connectivity index (χ1) is 8.54. The molecular formula is C12H12N2O2S2. The largest absolute Gasteiger partial charge is 0.325 e. The monoisotopic (exact) mass is 280 g/mol. The Bertz CT molecular complexity index is 607. The molecule has 0 bridgehead atoms. The average Bonchev–Trinajstić information content (AvgIpc) is 2.66. The zero-order valence-corrected chi connectivity index (χ0v) is 11.7. The van der Waals surface area contributed by atoms with Crippen molar-refractivity contribution in [2.45, 2.75) is 13.8 Å². The van der Waals surface area contributed by atoms with Gasteiger partial charge in [-0.25, -0.2) is 4.98 Å². The lowest BCUT2D eigenvalue weighted by atomic mass is 10.3. The summed E-state index contributed by atoms with van der Waals surface area (Å²) in [7, 11) is 0. The topological polar surface area (TPSA) is 59.1 Å². The van der Waals surface area contributed by atoms with E-state index in [0.29, 0.717) is 0 Å². The van der Waals surface area contributed by atoms with Gasteiger partial charge in [0.15, 0.2) is 5.12 Å². The van der Waals surface area contributed by atoms with E-state index in [1.807, 2.05) is 25.1 Å². The van der Waals surface area contributed by atoms with Crippen molar-refractivity contribution in [3.63, 3.8) is 0 Å². The first kappa shape index (κ1) is 13.0. The molecule has 0 aliphatic heterocycles. The van der Waals surface area contributed by atoms with Crippen LogP contribution in [0.25, 0.3) is 10.2 Å². The Morgan fingerprint density at radius 1 is 1.44 bits per heavy atom. The van der Waals surface area contributed by atoms with Crippen LogP contribution in [0.2, 0.25) is 0 Å². The van der Waals surface area contributed by atoms with Crippen molar-refractivity contribution in [2.75, 3.05) is 11.1 Å². The van der Waals surface area contributed by atoms with Gasteiger partial charge in [0.25, 0.3) is 0 Å². The number of hydrogen-bond acceptors (Lipinski definition) is 5. The predicted molar refractivity (Wildman–Crippen MR) is 76.1 cm³/mol. The molecule has 1 N–H and O–H groups in total. The molecule has 2 rings (SSSR count). The quantitative estimate of drug-likeness (QED) is 0.939. The lowest BCUT2D eigenvalue weighted by molar-refractivity contribution is -0.114. The molecule has 0 aliphatic rings. The molecule has 94 valence electrons. The van der Waals surface area contributed by atoms with Crippen molar-refractivity contribution in [1.82, 2.24) is 4.98 Å². The van der Waals surface area contributed by atoms with Crippen LogP contribution in [-0.2, 0) is 9.59 Å². The molecule has 0 atom stereocenters. The number of rotatable bonds is 3. The lowest BCUT2D eigenvalue weighted by Crippen LogP contribution is -2.14. The minimum absolute atomic E-state index is 0.0568. The van der Waals surface area contributed by atoms with E-state index in [2.05, 4.69) is 10.3 Å². The van der Waals surface area contributed by atoms with E-state index in [1.54, 1.807) is 11.3 Å². The van der Waals surface area contributed by atoms with Gasteiger partial charge < -0.3 is 5.32 Å². The molecule has 1 amide bonds. The zero-order valence-electron chi connectivity index (χ0n) is 10.0. The van der Waals surface area contributed by atoms with Crippen LogP contribution in [0.5, 0.6) is 0 Å². The highest BCUT2D eigenvalue weighted by Crippen LogP contribution is 2.24. The maximum Gasteiger partial charge on any atom is 0.234 e. The third kappa shape index (κ3) is 3.30. The van der Waals surface area contributed by atoms with Gasteiger partial charge in [0.05, 0.1) is 21.0 Å². The fourth-order valence-corrected chi connectivity index (χ4v) is 2.75. The van der Waals surface area contributed by atoms with Gasteiger partial charge in [-0.1, -0.05) is 11.8 Å². The number of carbonyl (C=O) groups is 2. The van der Waals surface area contributed by atoms with Crippen LogP contribution in [0.1, 0.15) is 11.9 Å². The van der Waals surface area contributed by atoms with Crippen LogP contribution in [-0.4, -0.2) is 21.8 Å². The van der Waals surface area contributed by atoms with E-state index in [0.717, 1.165) is 32.7 Å². The summed E-state index contributed by atoms with van der Waals surface area (Å²) in [6, 6.07) is 5.60. The molecule has 0 aliphatic carbocycles. The molecule has 0 fully saturated rings. The van der Waals surface area contributed by atoms with Crippen LogP contribution in [0.4, 0.5) is 5.69 Å². The highest BCUT2D eigenvalue weighted by Gasteiger charge is 2.06. The summed E-state index contributed by atoms with van der Waals surface area (Å²) >= 11 is 2.60. The molecule has 6 heteroatoms. The number of nitrogens with zero attached hydrogens (tertiary/aromatic N) is 1. The van der Waals surface area contributed by atoms with Gasteiger partial charge in [0.2, 0.25) is 5.91 Å². The summed E-state index contributed by atoms with van der Waals surface area (Å²) in [5, 5.41) is 3.71. The molecule has 0 spiro atoms. The Kier molecular flexibility index (Phi) is 3.98. The summed E-state index contributed by atoms with van der Waals surface area (Å²) in [5.41, 5.74) is 1.67. The van der Waals surface area contributed by atoms with Crippen LogP contribution in [0.3, 0.4) is 0 Å². The van der Waals surface area contributed by atoms with Gasteiger partial charge in [0, 0.05) is 12.6 Å². The molecule has 0 saturated heterocycles. The summed E-state index contributed by atoms with van der Waals surface area (Å²) in [6.45, 7) is 3.40. The molecule has 1 aromatic carbocycles. The second kappa shape index (κ2) is 5.49. The van der Waals surface area contributed by atoms with E-state index < -0.39 is 0 Å². The number of amides is 1. The van der Waals surface area contributed by atoms with Crippen molar-refractivity contribution in [3.8, 4) is 0 Å². The molecule has 1 heterocycles. The summed E-state index contributed by atoms with van der Waals surface area (Å²) < 4.78 is 1.05. The molecule has 18 heavy (non-hydrogen) atoms. The molecule has 1 aromatic heterocycles. The molecule has 2 aromatic rings. The predicted octanol–water partition coefficient (Wildman–Crippen LogP) is 2.82. The van der Waals surface area contributed by atoms with Crippen molar-refractivity contribution in [3.05, 3.63) is 23.2 Å². The van der Waals surface area contributed by atoms with Gasteiger partial charge in [-0.15, -0.1) is 11.3 Å². The first-order valence-corrected chi connectivity index (χ1v) is 7.15. The number of aromatic nitrogens is 1. The number of nitrogens with one attached hydrogen (secondary N) is 1. The Balaban J connectivity index is 2.07. The SMILES string of the molecule is CC(=O)SCC(=O)Nc1ccc2nc(C)sc2c1. The molecule has 4 nitrogen and oxygen atoms in total. The number of carbonyl (C=O) groups excluding carboxylic acids is 2. The van der Waals surface area contributed by atoms with Gasteiger partial charge in [0.1, 0.15) is 0 Å². The lowest BCUT2D eigenvalue weighted by Gasteiger charge is -2.03. The van der Waals surface area contributed by atoms with Crippen LogP contribution < -0.4 is 5.32 Å². The standard InChI is InChI=1S/C12H12N2O2S2/c1-7-13-10-4-3-9(5-11(10)18-7)14-12(16)6-17-8(2)15/h3-5H,6H2,1-2H3,(H,14,16). The van der Waals surface area contributed by atoms with Gasteiger partial charge in [-0.3, -0.25) is 9.59 Å². The van der Waals surface area contributed by atoms with E-state index in [4.69, 9.17) is 0 Å². The minimum atomic E-state index is -0.171. The number of thiazole rings is 1. The normalized spacial score (nSPS) is 10.6. The second-order valence-corrected chi connectivity index (χ2v) is 6.13. The zero-order chi connectivity index (χ0) is 13.1. The third-order valence-corrected chi connectivity index (χ3v) is 3.93. The number of thioether (sulfide) groups is 1. The van der Waals surface area contributed by atoms with Gasteiger partial charge in [-0.05, 0) is 25.1 Å². The Morgan fingerprint density at radius 2 is 2.22 bits per heavy atom. The van der Waals surface area contributed by atoms with Gasteiger partial charge >= 0.3 is 0 Å². The maximum atomic E-state index is 11.6. The highest BCUT2D eigenvalue weighted by molar-refractivity contribution is 8.14. The van der Waals surface area contributed by atoms with Crippen LogP contribution >= 0.6 is 23.1 Å². The van der Waals surface area contributed by atoms with Crippen LogP contribution in [0.15, 0.2) is 18.2 Å². The molecular weight excluding hydrogens is 268 g/mol. The molecule has 0 saturated carbocycles. The van der Waals surface area contributed by atoms with Crippen LogP contribution in [0, 0.1) is 6.92 Å². The van der Waals surface area contributed by atoms with E-state index in [1.165, 1.54) is 6.92 Å². The Morgan fingerprint density at radius 3 is 2.94 bits per heavy atom. The van der Waals surface area contributed by atoms with E-state index >= 15 is 0 Å².